The van der Waals surface area contributed by atoms with Crippen LogP contribution in [0, 0.1) is 17.0 Å². The molecule has 2 aromatic heterocycles. The van der Waals surface area contributed by atoms with Crippen LogP contribution in [0.1, 0.15) is 47.2 Å². The van der Waals surface area contributed by atoms with Crippen LogP contribution in [0.2, 0.25) is 10.0 Å². The van der Waals surface area contributed by atoms with Gasteiger partial charge in [0.25, 0.3) is 0 Å². The number of imidazole rings is 1. The second-order valence-electron chi connectivity index (χ2n) is 11.4. The highest BCUT2D eigenvalue weighted by molar-refractivity contribution is 6.35. The molecule has 1 fully saturated rings. The van der Waals surface area contributed by atoms with Crippen LogP contribution in [-0.2, 0) is 17.8 Å². The van der Waals surface area contributed by atoms with Gasteiger partial charge in [0, 0.05) is 39.1 Å². The van der Waals surface area contributed by atoms with Gasteiger partial charge in [-0.2, -0.15) is 0 Å². The van der Waals surface area contributed by atoms with Crippen LogP contribution in [-0.4, -0.2) is 38.8 Å². The number of fused-ring (bicyclic) bond motifs is 1. The highest BCUT2D eigenvalue weighted by atomic mass is 35.5. The van der Waals surface area contributed by atoms with Gasteiger partial charge >= 0.3 is 5.97 Å². The molecule has 1 saturated heterocycles. The third-order valence-electron chi connectivity index (χ3n) is 7.85. The van der Waals surface area contributed by atoms with Crippen molar-refractivity contribution in [1.82, 2.24) is 14.5 Å². The molecule has 1 atom stereocenters. The van der Waals surface area contributed by atoms with E-state index in [2.05, 4.69) is 4.98 Å². The molecule has 226 valence electrons. The van der Waals surface area contributed by atoms with E-state index in [0.29, 0.717) is 45.7 Å². The van der Waals surface area contributed by atoms with Crippen LogP contribution in [0.4, 0.5) is 8.78 Å². The number of hydrogen-bond donors (Lipinski definition) is 1. The Morgan fingerprint density at radius 1 is 1.05 bits per heavy atom. The maximum atomic E-state index is 15.6. The third-order valence-corrected chi connectivity index (χ3v) is 8.43. The summed E-state index contributed by atoms with van der Waals surface area (Å²) in [5, 5.41) is 10.5. The lowest BCUT2D eigenvalue weighted by atomic mass is 9.87. The summed E-state index contributed by atoms with van der Waals surface area (Å²) in [4.78, 5) is 20.8. The van der Waals surface area contributed by atoms with Gasteiger partial charge in [-0.05, 0) is 54.1 Å². The average molecular weight is 638 g/mol. The fourth-order valence-electron chi connectivity index (χ4n) is 5.45. The maximum absolute atomic E-state index is 15.6. The molecule has 11 heteroatoms. The van der Waals surface area contributed by atoms with Gasteiger partial charge in [0.15, 0.2) is 0 Å². The molecule has 3 aromatic carbocycles. The Balaban J connectivity index is 1.31. The summed E-state index contributed by atoms with van der Waals surface area (Å²) >= 11 is 12.2. The Labute approximate surface area is 262 Å². The molecule has 5 aromatic rings. The lowest BCUT2D eigenvalue weighted by molar-refractivity contribution is 0.0697. The first-order valence-electron chi connectivity index (χ1n) is 13.8. The molecule has 0 radical (unpaired) electrons. The summed E-state index contributed by atoms with van der Waals surface area (Å²) in [6.45, 7) is 5.08. The van der Waals surface area contributed by atoms with Crippen LogP contribution < -0.4 is 4.74 Å². The number of ether oxygens (including phenoxy) is 2. The van der Waals surface area contributed by atoms with E-state index in [1.807, 2.05) is 18.4 Å². The number of nitrogens with zero attached hydrogens (tertiary/aromatic N) is 3. The molecule has 6 rings (SSSR count). The zero-order chi connectivity index (χ0) is 31.2. The summed E-state index contributed by atoms with van der Waals surface area (Å²) in [5.74, 6) is -1.66. The summed E-state index contributed by atoms with van der Waals surface area (Å²) < 4.78 is 44.7. The number of aromatic nitrogens is 3. The summed E-state index contributed by atoms with van der Waals surface area (Å²) in [6, 6.07) is 16.6. The molecule has 1 aliphatic heterocycles. The van der Waals surface area contributed by atoms with Crippen LogP contribution in [0.15, 0.2) is 66.7 Å². The fraction of sp³-hybridized carbons (Fsp3) is 0.242. The van der Waals surface area contributed by atoms with Crippen molar-refractivity contribution in [2.45, 2.75) is 32.9 Å². The second-order valence-corrected chi connectivity index (χ2v) is 12.3. The van der Waals surface area contributed by atoms with Crippen molar-refractivity contribution in [1.29, 1.82) is 0 Å². The molecular weight excluding hydrogens is 611 g/mol. The Kier molecular flexibility index (Phi) is 8.04. The lowest BCUT2D eigenvalue weighted by Crippen LogP contribution is -2.27. The van der Waals surface area contributed by atoms with Gasteiger partial charge in [0.1, 0.15) is 24.1 Å². The minimum atomic E-state index is -1.07. The van der Waals surface area contributed by atoms with Crippen LogP contribution in [0.25, 0.3) is 22.3 Å². The lowest BCUT2D eigenvalue weighted by Gasteiger charge is -2.28. The fourth-order valence-corrected chi connectivity index (χ4v) is 5.92. The van der Waals surface area contributed by atoms with E-state index in [0.717, 1.165) is 12.1 Å². The number of rotatable bonds is 8. The van der Waals surface area contributed by atoms with Gasteiger partial charge in [0.2, 0.25) is 5.88 Å². The number of pyridine rings is 1. The highest BCUT2D eigenvalue weighted by Gasteiger charge is 2.39. The van der Waals surface area contributed by atoms with Crippen LogP contribution in [0.5, 0.6) is 5.88 Å². The average Bonchev–Trinajstić information content (AvgIpc) is 3.51. The van der Waals surface area contributed by atoms with E-state index >= 15 is 8.78 Å². The van der Waals surface area contributed by atoms with Gasteiger partial charge in [0.05, 0.1) is 41.5 Å². The number of carboxylic acid groups (broad SMARTS) is 1. The molecule has 1 aliphatic rings. The topological polar surface area (TPSA) is 86.5 Å². The first-order valence-corrected chi connectivity index (χ1v) is 14.6. The van der Waals surface area contributed by atoms with Crippen molar-refractivity contribution in [3.05, 3.63) is 111 Å². The van der Waals surface area contributed by atoms with Gasteiger partial charge in [-0.25, -0.2) is 23.5 Å². The summed E-state index contributed by atoms with van der Waals surface area (Å²) in [7, 11) is 0. The number of carbonyl (C=O) groups is 1. The van der Waals surface area contributed by atoms with E-state index in [9.17, 15) is 9.90 Å². The number of aromatic carboxylic acids is 1. The number of halogens is 4. The van der Waals surface area contributed by atoms with E-state index in [-0.39, 0.29) is 52.7 Å². The van der Waals surface area contributed by atoms with Crippen molar-refractivity contribution in [2.75, 3.05) is 13.2 Å². The monoisotopic (exact) mass is 637 g/mol. The Bertz CT molecular complexity index is 1910. The second kappa shape index (κ2) is 11.8. The zero-order valence-electron chi connectivity index (χ0n) is 23.8. The van der Waals surface area contributed by atoms with Gasteiger partial charge in [-0.3, -0.25) is 0 Å². The molecule has 7 nitrogen and oxygen atoms in total. The maximum Gasteiger partial charge on any atom is 0.335 e. The van der Waals surface area contributed by atoms with E-state index < -0.39 is 17.6 Å². The molecule has 1 N–H and O–H groups in total. The van der Waals surface area contributed by atoms with Crippen molar-refractivity contribution in [3.8, 4) is 17.1 Å². The third kappa shape index (κ3) is 5.87. The van der Waals surface area contributed by atoms with Crippen LogP contribution in [0.3, 0.4) is 0 Å². The van der Waals surface area contributed by atoms with Crippen molar-refractivity contribution >= 4 is 40.2 Å². The van der Waals surface area contributed by atoms with E-state index in [1.54, 1.807) is 48.5 Å². The first kappa shape index (κ1) is 30.0. The van der Waals surface area contributed by atoms with Gasteiger partial charge < -0.3 is 19.1 Å². The zero-order valence-corrected chi connectivity index (χ0v) is 25.3. The predicted octanol–water partition coefficient (Wildman–Crippen LogP) is 8.15. The molecule has 3 heterocycles. The quantitative estimate of drug-likeness (QED) is 0.185. The highest BCUT2D eigenvalue weighted by Crippen LogP contribution is 2.40. The van der Waals surface area contributed by atoms with Crippen molar-refractivity contribution in [2.24, 2.45) is 5.41 Å². The SMILES string of the molecule is CC1(C)COC[C@H]1n1c(Cc2cc(F)c(-c3cccc(OCc4ccc(Cl)cc4Cl)n3)cc2F)nc2ccc(C(=O)O)cc21. The molecule has 0 saturated carbocycles. The molecule has 0 unspecified atom stereocenters. The standard InChI is InChI=1S/C33H27Cl2F2N3O4/c1-33(2)17-43-16-29(33)40-28-11-18(32(41)42)7-9-27(28)38-30(40)12-20-10-25(37)22(14-24(20)36)26-4-3-5-31(39-26)44-15-19-6-8-21(34)13-23(19)35/h3-11,13-14,29H,12,15-17H2,1-2H3,(H,41,42)/t29-/m1/s1. The smallest absolute Gasteiger partial charge is 0.335 e. The van der Waals surface area contributed by atoms with Gasteiger partial charge in [-0.15, -0.1) is 0 Å². The minimum Gasteiger partial charge on any atom is -0.478 e. The normalized spacial score (nSPS) is 16.0. The number of hydrogen-bond acceptors (Lipinski definition) is 5. The van der Waals surface area contributed by atoms with Crippen molar-refractivity contribution in [3.63, 3.8) is 0 Å². The number of carboxylic acids is 1. The molecule has 0 bridgehead atoms. The van der Waals surface area contributed by atoms with E-state index in [4.69, 9.17) is 37.7 Å². The predicted molar refractivity (Wildman–Crippen MR) is 164 cm³/mol. The van der Waals surface area contributed by atoms with Crippen molar-refractivity contribution < 1.29 is 28.2 Å². The minimum absolute atomic E-state index is 0.0221. The Morgan fingerprint density at radius 2 is 1.86 bits per heavy atom. The Hall–Kier alpha value is -4.05. The molecule has 0 spiro atoms. The summed E-state index contributed by atoms with van der Waals surface area (Å²) in [5.41, 5.74) is 1.95. The summed E-state index contributed by atoms with van der Waals surface area (Å²) in [6.07, 6.45) is -0.0227. The van der Waals surface area contributed by atoms with Crippen LogP contribution >= 0.6 is 23.2 Å². The number of benzene rings is 3. The van der Waals surface area contributed by atoms with Gasteiger partial charge in [-0.1, -0.05) is 49.2 Å². The Morgan fingerprint density at radius 3 is 2.59 bits per heavy atom. The molecule has 0 amide bonds. The van der Waals surface area contributed by atoms with E-state index in [1.165, 1.54) is 6.07 Å². The first-order chi connectivity index (χ1) is 21.0. The molecule has 0 aliphatic carbocycles. The largest absolute Gasteiger partial charge is 0.478 e. The molecular formula is C33H27Cl2F2N3O4. The molecule has 44 heavy (non-hydrogen) atoms.